The summed E-state index contributed by atoms with van der Waals surface area (Å²) < 4.78 is 28.1. The van der Waals surface area contributed by atoms with Gasteiger partial charge in [0.15, 0.2) is 0 Å². The Kier molecular flexibility index (Phi) is 3.55. The van der Waals surface area contributed by atoms with Crippen molar-refractivity contribution in [3.8, 4) is 5.75 Å². The average Bonchev–Trinajstić information content (AvgIpc) is 2.19. The van der Waals surface area contributed by atoms with Crippen molar-refractivity contribution in [3.63, 3.8) is 0 Å². The lowest BCUT2D eigenvalue weighted by molar-refractivity contribution is -0.131. The number of carboxylic acid groups (broad SMARTS) is 1. The van der Waals surface area contributed by atoms with E-state index >= 15 is 0 Å². The molecule has 0 aromatic heterocycles. The first-order valence-corrected chi connectivity index (χ1v) is 4.25. The van der Waals surface area contributed by atoms with Gasteiger partial charge in [-0.25, -0.2) is 4.79 Å². The number of hydrogen-bond acceptors (Lipinski definition) is 3. The first kappa shape index (κ1) is 12.1. The number of carbonyl (C=O) groups excluding carboxylic acids is 1. The monoisotopic (exact) mass is 230 g/mol. The molecule has 0 saturated carbocycles. The summed E-state index contributed by atoms with van der Waals surface area (Å²) in [7, 11) is 0. The van der Waals surface area contributed by atoms with Gasteiger partial charge in [-0.1, -0.05) is 12.1 Å². The van der Waals surface area contributed by atoms with Gasteiger partial charge in [-0.05, 0) is 18.6 Å². The minimum absolute atomic E-state index is 0.200. The van der Waals surface area contributed by atoms with Gasteiger partial charge < -0.3 is 9.84 Å². The second-order valence-corrected chi connectivity index (χ2v) is 2.99. The molecule has 0 aliphatic rings. The number of carboxylic acids is 1. The van der Waals surface area contributed by atoms with Crippen molar-refractivity contribution in [2.24, 2.45) is 0 Å². The highest BCUT2D eigenvalue weighted by molar-refractivity contribution is 6.39. The van der Waals surface area contributed by atoms with Crippen LogP contribution in [0.4, 0.5) is 8.78 Å². The molecule has 0 radical (unpaired) electrons. The molecule has 0 atom stereocenters. The molecule has 1 aromatic carbocycles. The zero-order valence-electron chi connectivity index (χ0n) is 8.24. The van der Waals surface area contributed by atoms with Crippen molar-refractivity contribution in [3.05, 3.63) is 29.3 Å². The number of rotatable bonds is 4. The molecule has 1 aromatic rings. The van der Waals surface area contributed by atoms with Crippen molar-refractivity contribution in [2.45, 2.75) is 13.5 Å². The molecule has 16 heavy (non-hydrogen) atoms. The topological polar surface area (TPSA) is 63.6 Å². The summed E-state index contributed by atoms with van der Waals surface area (Å²) in [6.07, 6.45) is 0. The molecule has 0 bridgehead atoms. The zero-order chi connectivity index (χ0) is 12.3. The van der Waals surface area contributed by atoms with Gasteiger partial charge in [-0.2, -0.15) is 8.78 Å². The molecule has 4 nitrogen and oxygen atoms in total. The third-order valence-corrected chi connectivity index (χ3v) is 1.86. The predicted octanol–water partition coefficient (Wildman–Crippen LogP) is 1.86. The summed E-state index contributed by atoms with van der Waals surface area (Å²) in [4.78, 5) is 21.4. The predicted molar refractivity (Wildman–Crippen MR) is 49.8 cm³/mol. The molecule has 1 N–H and O–H groups in total. The van der Waals surface area contributed by atoms with Crippen LogP contribution in [0.2, 0.25) is 0 Å². The molecule has 0 amide bonds. The van der Waals surface area contributed by atoms with Gasteiger partial charge in [-0.3, -0.25) is 4.79 Å². The largest absolute Gasteiger partial charge is 0.475 e. The molecule has 0 saturated heterocycles. The van der Waals surface area contributed by atoms with E-state index in [4.69, 9.17) is 5.11 Å². The fraction of sp³-hybridized carbons (Fsp3) is 0.200. The zero-order valence-corrected chi connectivity index (χ0v) is 8.24. The van der Waals surface area contributed by atoms with Crippen molar-refractivity contribution in [1.29, 1.82) is 0 Å². The van der Waals surface area contributed by atoms with E-state index in [2.05, 4.69) is 4.74 Å². The van der Waals surface area contributed by atoms with Crippen molar-refractivity contribution in [1.82, 2.24) is 0 Å². The van der Waals surface area contributed by atoms with Crippen LogP contribution < -0.4 is 4.74 Å². The third kappa shape index (κ3) is 2.75. The fourth-order valence-electron chi connectivity index (χ4n) is 1.09. The van der Waals surface area contributed by atoms with Crippen LogP contribution >= 0.6 is 0 Å². The molecular formula is C10H8F2O4. The van der Waals surface area contributed by atoms with Crippen molar-refractivity contribution in [2.75, 3.05) is 0 Å². The standard InChI is InChI=1S/C10H8F2O4/c1-5-2-3-6(8(13)9(14)15)4-7(5)16-10(11)12/h2-4,10H,1H3,(H,14,15). The summed E-state index contributed by atoms with van der Waals surface area (Å²) in [5, 5.41) is 8.44. The molecular weight excluding hydrogens is 222 g/mol. The summed E-state index contributed by atoms with van der Waals surface area (Å²) in [6.45, 7) is -1.51. The lowest BCUT2D eigenvalue weighted by atomic mass is 10.1. The Morgan fingerprint density at radius 3 is 2.50 bits per heavy atom. The van der Waals surface area contributed by atoms with Crippen LogP contribution in [0.25, 0.3) is 0 Å². The number of aryl methyl sites for hydroxylation is 1. The number of halogens is 2. The Balaban J connectivity index is 3.07. The van der Waals surface area contributed by atoms with E-state index in [-0.39, 0.29) is 11.3 Å². The summed E-state index contributed by atoms with van der Waals surface area (Å²) in [6, 6.07) is 3.57. The third-order valence-electron chi connectivity index (χ3n) is 1.86. The molecule has 0 heterocycles. The Morgan fingerprint density at radius 1 is 1.38 bits per heavy atom. The maximum absolute atomic E-state index is 12.0. The van der Waals surface area contributed by atoms with Crippen LogP contribution in [-0.4, -0.2) is 23.5 Å². The molecule has 1 rings (SSSR count). The van der Waals surface area contributed by atoms with E-state index in [0.717, 1.165) is 6.07 Å². The van der Waals surface area contributed by atoms with Crippen LogP contribution in [0.5, 0.6) is 5.75 Å². The Morgan fingerprint density at radius 2 is 2.00 bits per heavy atom. The molecule has 86 valence electrons. The molecule has 0 aliphatic heterocycles. The second-order valence-electron chi connectivity index (χ2n) is 2.99. The Labute approximate surface area is 89.5 Å². The Bertz CT molecular complexity index is 429. The summed E-state index contributed by atoms with van der Waals surface area (Å²) >= 11 is 0. The van der Waals surface area contributed by atoms with Gasteiger partial charge in [0, 0.05) is 5.56 Å². The van der Waals surface area contributed by atoms with Crippen LogP contribution in [-0.2, 0) is 4.79 Å². The lowest BCUT2D eigenvalue weighted by Crippen LogP contribution is -2.13. The van der Waals surface area contributed by atoms with E-state index in [1.54, 1.807) is 0 Å². The van der Waals surface area contributed by atoms with Gasteiger partial charge in [0.2, 0.25) is 0 Å². The molecule has 0 aliphatic carbocycles. The quantitative estimate of drug-likeness (QED) is 0.633. The van der Waals surface area contributed by atoms with Gasteiger partial charge >= 0.3 is 12.6 Å². The van der Waals surface area contributed by atoms with Crippen LogP contribution in [0.3, 0.4) is 0 Å². The number of Topliss-reactive ketones (excluding diaryl/α,β-unsaturated/α-hetero) is 1. The van der Waals surface area contributed by atoms with E-state index in [9.17, 15) is 18.4 Å². The van der Waals surface area contributed by atoms with E-state index in [0.29, 0.717) is 5.56 Å². The second kappa shape index (κ2) is 4.69. The number of ketones is 1. The highest BCUT2D eigenvalue weighted by Gasteiger charge is 2.17. The first-order valence-electron chi connectivity index (χ1n) is 4.25. The maximum Gasteiger partial charge on any atom is 0.387 e. The number of hydrogen-bond donors (Lipinski definition) is 1. The minimum Gasteiger partial charge on any atom is -0.475 e. The SMILES string of the molecule is Cc1ccc(C(=O)C(=O)O)cc1OC(F)F. The highest BCUT2D eigenvalue weighted by atomic mass is 19.3. The van der Waals surface area contributed by atoms with E-state index in [1.165, 1.54) is 19.1 Å². The highest BCUT2D eigenvalue weighted by Crippen LogP contribution is 2.21. The lowest BCUT2D eigenvalue weighted by Gasteiger charge is -2.08. The summed E-state index contributed by atoms with van der Waals surface area (Å²) in [5.74, 6) is -3.02. The smallest absolute Gasteiger partial charge is 0.387 e. The number of aliphatic carboxylic acids is 1. The van der Waals surface area contributed by atoms with Crippen LogP contribution in [0.15, 0.2) is 18.2 Å². The van der Waals surface area contributed by atoms with Crippen molar-refractivity contribution >= 4 is 11.8 Å². The van der Waals surface area contributed by atoms with Crippen molar-refractivity contribution < 1.29 is 28.2 Å². The van der Waals surface area contributed by atoms with Gasteiger partial charge in [0.25, 0.3) is 5.78 Å². The number of carbonyl (C=O) groups is 2. The Hall–Kier alpha value is -1.98. The number of benzene rings is 1. The molecule has 0 spiro atoms. The molecule has 6 heteroatoms. The molecule has 0 unspecified atom stereocenters. The minimum atomic E-state index is -3.02. The van der Waals surface area contributed by atoms with E-state index < -0.39 is 18.4 Å². The van der Waals surface area contributed by atoms with Gasteiger partial charge in [0.05, 0.1) is 0 Å². The normalized spacial score (nSPS) is 10.2. The maximum atomic E-state index is 12.0. The first-order chi connectivity index (χ1) is 7.41. The average molecular weight is 230 g/mol. The fourth-order valence-corrected chi connectivity index (χ4v) is 1.09. The summed E-state index contributed by atoms with van der Waals surface area (Å²) in [5.41, 5.74) is 0.191. The van der Waals surface area contributed by atoms with Gasteiger partial charge in [0.1, 0.15) is 5.75 Å². The number of alkyl halides is 2. The molecule has 0 fully saturated rings. The van der Waals surface area contributed by atoms with E-state index in [1.807, 2.05) is 0 Å². The number of ether oxygens (including phenoxy) is 1. The van der Waals surface area contributed by atoms with Crippen LogP contribution in [0.1, 0.15) is 15.9 Å². The van der Waals surface area contributed by atoms with Crippen LogP contribution in [0, 0.1) is 6.92 Å². The van der Waals surface area contributed by atoms with Gasteiger partial charge in [-0.15, -0.1) is 0 Å².